The number of aromatic nitrogens is 4. The van der Waals surface area contributed by atoms with E-state index >= 15 is 0 Å². The molecule has 0 fully saturated rings. The van der Waals surface area contributed by atoms with Crippen molar-refractivity contribution in [3.8, 4) is 28.6 Å². The Morgan fingerprint density at radius 1 is 1.24 bits per heavy atom. The molecule has 3 aromatic rings. The smallest absolute Gasteiger partial charge is 0.231 e. The van der Waals surface area contributed by atoms with Crippen LogP contribution in [-0.2, 0) is 6.54 Å². The third-order valence-corrected chi connectivity index (χ3v) is 4.40. The lowest BCUT2D eigenvalue weighted by molar-refractivity contribution is 0.171. The van der Waals surface area contributed by atoms with Gasteiger partial charge >= 0.3 is 0 Å². The van der Waals surface area contributed by atoms with E-state index < -0.39 is 0 Å². The molecule has 1 aromatic carbocycles. The van der Waals surface area contributed by atoms with Gasteiger partial charge in [-0.1, -0.05) is 0 Å². The highest BCUT2D eigenvalue weighted by atomic mass is 16.7. The third kappa shape index (κ3) is 2.93. The van der Waals surface area contributed by atoms with Crippen molar-refractivity contribution in [1.29, 1.82) is 0 Å². The van der Waals surface area contributed by atoms with Crippen LogP contribution in [0.25, 0.3) is 11.4 Å². The van der Waals surface area contributed by atoms with Crippen LogP contribution < -0.4 is 14.2 Å². The van der Waals surface area contributed by atoms with E-state index in [4.69, 9.17) is 14.2 Å². The predicted molar refractivity (Wildman–Crippen MR) is 91.9 cm³/mol. The van der Waals surface area contributed by atoms with Crippen LogP contribution in [0.15, 0.2) is 43.0 Å². The monoisotopic (exact) mass is 340 g/mol. The average Bonchev–Trinajstić information content (AvgIpc) is 3.39. The molecule has 7 nitrogen and oxygen atoms in total. The number of benzene rings is 1. The Labute approximate surface area is 145 Å². The molecule has 0 spiro atoms. The first-order valence-corrected chi connectivity index (χ1v) is 8.24. The summed E-state index contributed by atoms with van der Waals surface area (Å²) >= 11 is 0. The normalized spacial score (nSPS) is 13.8. The van der Waals surface area contributed by atoms with Crippen LogP contribution in [0.4, 0.5) is 0 Å². The summed E-state index contributed by atoms with van der Waals surface area (Å²) in [5, 5.41) is 4.26. The highest BCUT2D eigenvalue weighted by Crippen LogP contribution is 2.44. The maximum Gasteiger partial charge on any atom is 0.231 e. The zero-order chi connectivity index (χ0) is 17.2. The Morgan fingerprint density at radius 2 is 2.16 bits per heavy atom. The van der Waals surface area contributed by atoms with E-state index in [2.05, 4.69) is 21.6 Å². The molecule has 0 radical (unpaired) electrons. The number of ether oxygens (including phenoxy) is 3. The summed E-state index contributed by atoms with van der Waals surface area (Å²) in [4.78, 5) is 4.54. The first-order chi connectivity index (χ1) is 12.3. The summed E-state index contributed by atoms with van der Waals surface area (Å²) in [5.41, 5.74) is 0.942. The molecule has 7 heteroatoms. The van der Waals surface area contributed by atoms with E-state index in [-0.39, 0.29) is 12.8 Å². The SMILES string of the molecule is COc1cc(-c2nccn2[C@@H](C)CCn2cccn2)cc2c1OCO2. The minimum absolute atomic E-state index is 0.212. The van der Waals surface area contributed by atoms with Crippen LogP contribution in [0.3, 0.4) is 0 Å². The molecule has 130 valence electrons. The van der Waals surface area contributed by atoms with Crippen molar-refractivity contribution in [1.82, 2.24) is 19.3 Å². The lowest BCUT2D eigenvalue weighted by atomic mass is 10.1. The van der Waals surface area contributed by atoms with Gasteiger partial charge < -0.3 is 18.8 Å². The Balaban J connectivity index is 1.61. The first kappa shape index (κ1) is 15.6. The van der Waals surface area contributed by atoms with Crippen molar-refractivity contribution in [2.24, 2.45) is 0 Å². The number of imidazole rings is 1. The highest BCUT2D eigenvalue weighted by Gasteiger charge is 2.22. The van der Waals surface area contributed by atoms with Crippen LogP contribution in [0.5, 0.6) is 17.2 Å². The Morgan fingerprint density at radius 3 is 2.96 bits per heavy atom. The van der Waals surface area contributed by atoms with E-state index in [0.717, 1.165) is 24.4 Å². The summed E-state index contributed by atoms with van der Waals surface area (Å²) in [5.74, 6) is 2.87. The molecule has 3 heterocycles. The number of rotatable bonds is 6. The molecule has 0 N–H and O–H groups in total. The number of hydrogen-bond donors (Lipinski definition) is 0. The van der Waals surface area contributed by atoms with Gasteiger partial charge in [0.25, 0.3) is 0 Å². The van der Waals surface area contributed by atoms with Gasteiger partial charge in [-0.3, -0.25) is 4.68 Å². The molecule has 1 aliphatic heterocycles. The van der Waals surface area contributed by atoms with Crippen LogP contribution in [0.2, 0.25) is 0 Å². The van der Waals surface area contributed by atoms with E-state index in [9.17, 15) is 0 Å². The Bertz CT molecular complexity index is 857. The average molecular weight is 340 g/mol. The van der Waals surface area contributed by atoms with Gasteiger partial charge in [-0.2, -0.15) is 5.10 Å². The van der Waals surface area contributed by atoms with Crippen molar-refractivity contribution >= 4 is 0 Å². The summed E-state index contributed by atoms with van der Waals surface area (Å²) in [6, 6.07) is 6.10. The lowest BCUT2D eigenvalue weighted by Crippen LogP contribution is -2.10. The van der Waals surface area contributed by atoms with Crippen molar-refractivity contribution in [2.75, 3.05) is 13.9 Å². The van der Waals surface area contributed by atoms with Crippen LogP contribution in [0.1, 0.15) is 19.4 Å². The second-order valence-electron chi connectivity index (χ2n) is 5.98. The molecule has 1 atom stereocenters. The number of aryl methyl sites for hydroxylation is 1. The zero-order valence-corrected chi connectivity index (χ0v) is 14.3. The van der Waals surface area contributed by atoms with Crippen molar-refractivity contribution < 1.29 is 14.2 Å². The molecule has 25 heavy (non-hydrogen) atoms. The van der Waals surface area contributed by atoms with Gasteiger partial charge in [0.05, 0.1) is 7.11 Å². The van der Waals surface area contributed by atoms with Crippen LogP contribution in [-0.4, -0.2) is 33.2 Å². The van der Waals surface area contributed by atoms with Gasteiger partial charge in [0.2, 0.25) is 12.5 Å². The van der Waals surface area contributed by atoms with Gasteiger partial charge in [0, 0.05) is 42.9 Å². The molecule has 0 unspecified atom stereocenters. The fraction of sp³-hybridized carbons (Fsp3) is 0.333. The fourth-order valence-electron chi connectivity index (χ4n) is 3.04. The molecule has 0 saturated carbocycles. The van der Waals surface area contributed by atoms with Crippen molar-refractivity contribution in [3.05, 3.63) is 43.0 Å². The van der Waals surface area contributed by atoms with Gasteiger partial charge in [-0.15, -0.1) is 0 Å². The van der Waals surface area contributed by atoms with E-state index in [1.165, 1.54) is 0 Å². The molecule has 0 aliphatic carbocycles. The van der Waals surface area contributed by atoms with Crippen LogP contribution in [0, 0.1) is 0 Å². The maximum absolute atomic E-state index is 5.53. The van der Waals surface area contributed by atoms with E-state index in [1.54, 1.807) is 13.3 Å². The molecule has 1 aliphatic rings. The number of methoxy groups -OCH3 is 1. The van der Waals surface area contributed by atoms with Gasteiger partial charge in [-0.05, 0) is 31.5 Å². The van der Waals surface area contributed by atoms with Crippen LogP contribution >= 0.6 is 0 Å². The first-order valence-electron chi connectivity index (χ1n) is 8.24. The van der Waals surface area contributed by atoms with Gasteiger partial charge in [0.1, 0.15) is 5.82 Å². The second-order valence-corrected chi connectivity index (χ2v) is 5.98. The molecule has 0 bridgehead atoms. The number of hydrogen-bond acceptors (Lipinski definition) is 5. The minimum atomic E-state index is 0.212. The van der Waals surface area contributed by atoms with Crippen molar-refractivity contribution in [2.45, 2.75) is 25.9 Å². The largest absolute Gasteiger partial charge is 0.493 e. The molecule has 2 aromatic heterocycles. The summed E-state index contributed by atoms with van der Waals surface area (Å²) in [6.45, 7) is 3.25. The quantitative estimate of drug-likeness (QED) is 0.690. The highest BCUT2D eigenvalue weighted by molar-refractivity contribution is 5.67. The summed E-state index contributed by atoms with van der Waals surface area (Å²) < 4.78 is 20.5. The second kappa shape index (κ2) is 6.51. The number of fused-ring (bicyclic) bond motifs is 1. The maximum atomic E-state index is 5.53. The lowest BCUT2D eigenvalue weighted by Gasteiger charge is -2.17. The molecule has 0 amide bonds. The topological polar surface area (TPSA) is 63.3 Å². The molecule has 4 rings (SSSR count). The third-order valence-electron chi connectivity index (χ3n) is 4.40. The Kier molecular flexibility index (Phi) is 4.05. The predicted octanol–water partition coefficient (Wildman–Crippen LogP) is 3.14. The van der Waals surface area contributed by atoms with Crippen molar-refractivity contribution in [3.63, 3.8) is 0 Å². The minimum Gasteiger partial charge on any atom is -0.493 e. The fourth-order valence-corrected chi connectivity index (χ4v) is 3.04. The van der Waals surface area contributed by atoms with Gasteiger partial charge in [0.15, 0.2) is 11.5 Å². The van der Waals surface area contributed by atoms with E-state index in [0.29, 0.717) is 17.2 Å². The molecular formula is C18H20N4O3. The Hall–Kier alpha value is -2.96. The molecule has 0 saturated heterocycles. The summed E-state index contributed by atoms with van der Waals surface area (Å²) in [7, 11) is 1.63. The standard InChI is InChI=1S/C18H20N4O3/c1-13(4-8-21-7-3-5-20-21)22-9-6-19-18(22)14-10-15(23-2)17-16(11-14)24-12-25-17/h3,5-7,9-11,13H,4,8,12H2,1-2H3/t13-/m0/s1. The zero-order valence-electron chi connectivity index (χ0n) is 14.3. The van der Waals surface area contributed by atoms with Gasteiger partial charge in [-0.25, -0.2) is 4.98 Å². The molecular weight excluding hydrogens is 320 g/mol. The number of nitrogens with zero attached hydrogens (tertiary/aromatic N) is 4. The summed E-state index contributed by atoms with van der Waals surface area (Å²) in [6.07, 6.45) is 8.54. The van der Waals surface area contributed by atoms with E-state index in [1.807, 2.05) is 41.5 Å².